The first-order chi connectivity index (χ1) is 7.58. The Morgan fingerprint density at radius 2 is 2.44 bits per heavy atom. The molecular weight excluding hydrogens is 210 g/mol. The van der Waals surface area contributed by atoms with Gasteiger partial charge >= 0.3 is 0 Å². The fraction of sp³-hybridized carbons (Fsp3) is 0.300. The second-order valence-corrected chi connectivity index (χ2v) is 3.84. The van der Waals surface area contributed by atoms with Crippen LogP contribution in [0.3, 0.4) is 0 Å². The summed E-state index contributed by atoms with van der Waals surface area (Å²) in [6.45, 7) is 1.22. The molecule has 1 aliphatic rings. The van der Waals surface area contributed by atoms with Crippen LogP contribution in [0.2, 0.25) is 0 Å². The first kappa shape index (κ1) is 10.6. The predicted octanol–water partition coefficient (Wildman–Crippen LogP) is -0.848. The molecule has 0 aromatic carbocycles. The molecule has 16 heavy (non-hydrogen) atoms. The van der Waals surface area contributed by atoms with Gasteiger partial charge in [0.2, 0.25) is 0 Å². The predicted molar refractivity (Wildman–Crippen MR) is 55.3 cm³/mol. The molecule has 2 N–H and O–H groups in total. The van der Waals surface area contributed by atoms with Crippen LogP contribution in [0.25, 0.3) is 0 Å². The van der Waals surface area contributed by atoms with E-state index in [2.05, 4.69) is 10.5 Å². The van der Waals surface area contributed by atoms with Crippen molar-refractivity contribution in [3.8, 4) is 0 Å². The summed E-state index contributed by atoms with van der Waals surface area (Å²) in [5.74, 6) is -0.369. The highest BCUT2D eigenvalue weighted by atomic mass is 16.5. The summed E-state index contributed by atoms with van der Waals surface area (Å²) in [4.78, 5) is 11.5. The van der Waals surface area contributed by atoms with E-state index < -0.39 is 5.41 Å². The topological polar surface area (TPSA) is 88.6 Å². The summed E-state index contributed by atoms with van der Waals surface area (Å²) >= 11 is 0. The van der Waals surface area contributed by atoms with E-state index >= 15 is 0 Å². The number of nitrogens with one attached hydrogen (secondary N) is 1. The molecule has 0 saturated heterocycles. The molecule has 0 bridgehead atoms. The molecule has 1 atom stereocenters. The number of nitrogens with zero attached hydrogens (tertiary/aromatic N) is 2. The molecule has 0 aliphatic carbocycles. The number of rotatable bonds is 2. The van der Waals surface area contributed by atoms with Crippen molar-refractivity contribution in [3.05, 3.63) is 35.3 Å². The molecule has 6 heteroatoms. The summed E-state index contributed by atoms with van der Waals surface area (Å²) in [6.07, 6.45) is 2.65. The SMILES string of the molecule is CC1(CO)C(=O)NN=C1c1ccc[n+]([O-])c1. The van der Waals surface area contributed by atoms with Gasteiger partial charge in [-0.2, -0.15) is 9.83 Å². The van der Waals surface area contributed by atoms with Crippen LogP contribution in [-0.4, -0.2) is 23.3 Å². The average Bonchev–Trinajstić information content (AvgIpc) is 2.56. The molecule has 0 spiro atoms. The zero-order chi connectivity index (χ0) is 11.8. The van der Waals surface area contributed by atoms with Gasteiger partial charge in [-0.15, -0.1) is 0 Å². The fourth-order valence-electron chi connectivity index (χ4n) is 1.59. The van der Waals surface area contributed by atoms with Gasteiger partial charge in [-0.05, 0) is 13.0 Å². The summed E-state index contributed by atoms with van der Waals surface area (Å²) in [7, 11) is 0. The summed E-state index contributed by atoms with van der Waals surface area (Å²) < 4.78 is 0.623. The van der Waals surface area contributed by atoms with Gasteiger partial charge in [0, 0.05) is 6.07 Å². The number of carbonyl (C=O) groups excluding carboxylic acids is 1. The normalized spacial score (nSPS) is 24.1. The molecule has 1 aliphatic heterocycles. The van der Waals surface area contributed by atoms with Crippen LogP contribution in [-0.2, 0) is 4.79 Å². The molecule has 6 nitrogen and oxygen atoms in total. The molecule has 2 rings (SSSR count). The van der Waals surface area contributed by atoms with Gasteiger partial charge in [0.05, 0.1) is 17.9 Å². The van der Waals surface area contributed by atoms with Crippen molar-refractivity contribution < 1.29 is 14.6 Å². The first-order valence-corrected chi connectivity index (χ1v) is 4.76. The number of hydrogen-bond donors (Lipinski definition) is 2. The van der Waals surface area contributed by atoms with Gasteiger partial charge in [-0.3, -0.25) is 4.79 Å². The van der Waals surface area contributed by atoms with Gasteiger partial charge in [0.25, 0.3) is 5.91 Å². The molecule has 0 radical (unpaired) electrons. The first-order valence-electron chi connectivity index (χ1n) is 4.76. The highest BCUT2D eigenvalue weighted by Crippen LogP contribution is 2.26. The Hall–Kier alpha value is -1.95. The van der Waals surface area contributed by atoms with Crippen LogP contribution in [0.1, 0.15) is 12.5 Å². The number of carbonyl (C=O) groups is 1. The smallest absolute Gasteiger partial charge is 0.254 e. The van der Waals surface area contributed by atoms with Gasteiger partial charge in [0.15, 0.2) is 12.4 Å². The number of aliphatic hydroxyl groups excluding tert-OH is 1. The largest absolute Gasteiger partial charge is 0.619 e. The number of amides is 1. The maximum absolute atomic E-state index is 11.5. The lowest BCUT2D eigenvalue weighted by atomic mass is 9.83. The lowest BCUT2D eigenvalue weighted by molar-refractivity contribution is -0.605. The van der Waals surface area contributed by atoms with Gasteiger partial charge in [0.1, 0.15) is 5.41 Å². The third-order valence-corrected chi connectivity index (χ3v) is 2.66. The van der Waals surface area contributed by atoms with Crippen molar-refractivity contribution in [2.45, 2.75) is 6.92 Å². The minimum Gasteiger partial charge on any atom is -0.619 e. The number of pyridine rings is 1. The van der Waals surface area contributed by atoms with Crippen molar-refractivity contribution in [1.82, 2.24) is 5.43 Å². The van der Waals surface area contributed by atoms with E-state index in [9.17, 15) is 15.1 Å². The van der Waals surface area contributed by atoms with E-state index in [1.165, 1.54) is 12.4 Å². The monoisotopic (exact) mass is 221 g/mol. The highest BCUT2D eigenvalue weighted by Gasteiger charge is 2.43. The number of hydrogen-bond acceptors (Lipinski definition) is 4. The van der Waals surface area contributed by atoms with Crippen LogP contribution in [0, 0.1) is 10.6 Å². The van der Waals surface area contributed by atoms with E-state index in [0.29, 0.717) is 16.0 Å². The lowest BCUT2D eigenvalue weighted by Gasteiger charge is -2.19. The molecule has 0 fully saturated rings. The number of aromatic nitrogens is 1. The molecule has 2 heterocycles. The van der Waals surface area contributed by atoms with Gasteiger partial charge in [-0.1, -0.05) is 0 Å². The molecule has 1 amide bonds. The van der Waals surface area contributed by atoms with Crippen molar-refractivity contribution in [2.24, 2.45) is 10.5 Å². The molecular formula is C10H11N3O3. The second kappa shape index (κ2) is 3.57. The Balaban J connectivity index is 2.46. The number of aliphatic hydroxyl groups is 1. The molecule has 1 unspecified atom stereocenters. The van der Waals surface area contributed by atoms with Crippen molar-refractivity contribution >= 4 is 11.6 Å². The maximum Gasteiger partial charge on any atom is 0.254 e. The maximum atomic E-state index is 11.5. The zero-order valence-electron chi connectivity index (χ0n) is 8.67. The van der Waals surface area contributed by atoms with Gasteiger partial charge < -0.3 is 10.3 Å². The van der Waals surface area contributed by atoms with Gasteiger partial charge in [-0.25, -0.2) is 5.43 Å². The van der Waals surface area contributed by atoms with E-state index in [-0.39, 0.29) is 12.5 Å². The van der Waals surface area contributed by atoms with Crippen molar-refractivity contribution in [3.63, 3.8) is 0 Å². The minimum atomic E-state index is -1.09. The van der Waals surface area contributed by atoms with Crippen LogP contribution in [0.5, 0.6) is 0 Å². The van der Waals surface area contributed by atoms with E-state index in [1.54, 1.807) is 19.1 Å². The average molecular weight is 221 g/mol. The number of hydrazone groups is 1. The van der Waals surface area contributed by atoms with Crippen molar-refractivity contribution in [1.29, 1.82) is 0 Å². The Kier molecular flexibility index (Phi) is 2.35. The van der Waals surface area contributed by atoms with Crippen LogP contribution in [0.15, 0.2) is 29.6 Å². The fourth-order valence-corrected chi connectivity index (χ4v) is 1.59. The quantitative estimate of drug-likeness (QED) is 0.503. The molecule has 1 aromatic heterocycles. The minimum absolute atomic E-state index is 0.356. The summed E-state index contributed by atoms with van der Waals surface area (Å²) in [6, 6.07) is 3.23. The van der Waals surface area contributed by atoms with Crippen molar-refractivity contribution in [2.75, 3.05) is 6.61 Å². The van der Waals surface area contributed by atoms with Crippen LogP contribution in [0.4, 0.5) is 0 Å². The van der Waals surface area contributed by atoms with Crippen LogP contribution >= 0.6 is 0 Å². The Morgan fingerprint density at radius 3 is 3.06 bits per heavy atom. The molecule has 0 saturated carbocycles. The third-order valence-electron chi connectivity index (χ3n) is 2.66. The molecule has 1 aromatic rings. The van der Waals surface area contributed by atoms with E-state index in [4.69, 9.17) is 0 Å². The lowest BCUT2D eigenvalue weighted by Crippen LogP contribution is -2.40. The molecule has 84 valence electrons. The van der Waals surface area contributed by atoms with E-state index in [1.807, 2.05) is 0 Å². The standard InChI is InChI=1S/C10H11N3O3/c1-10(6-14)8(11-12-9(10)15)7-3-2-4-13(16)5-7/h2-5,14H,6H2,1H3,(H,12,15). The summed E-state index contributed by atoms with van der Waals surface area (Å²) in [5.41, 5.74) is 2.12. The van der Waals surface area contributed by atoms with Crippen LogP contribution < -0.4 is 10.2 Å². The highest BCUT2D eigenvalue weighted by molar-refractivity contribution is 6.19. The third kappa shape index (κ3) is 1.43. The summed E-state index contributed by atoms with van der Waals surface area (Å²) in [5, 5.41) is 24.2. The Morgan fingerprint density at radius 1 is 1.69 bits per heavy atom. The Labute approximate surface area is 91.8 Å². The second-order valence-electron chi connectivity index (χ2n) is 3.84. The zero-order valence-corrected chi connectivity index (χ0v) is 8.67. The Bertz CT molecular complexity index is 472. The van der Waals surface area contributed by atoms with E-state index in [0.717, 1.165) is 0 Å².